The van der Waals surface area contributed by atoms with E-state index in [-0.39, 0.29) is 18.4 Å². The van der Waals surface area contributed by atoms with E-state index < -0.39 is 6.04 Å². The maximum absolute atomic E-state index is 12.9. The number of fused-ring (bicyclic) bond motifs is 2. The second-order valence-corrected chi connectivity index (χ2v) is 6.33. The maximum atomic E-state index is 12.9. The minimum Gasteiger partial charge on any atom is -0.374 e. The average Bonchev–Trinajstić information content (AvgIpc) is 3.08. The highest BCUT2D eigenvalue weighted by molar-refractivity contribution is 6.11. The third kappa shape index (κ3) is 2.96. The van der Waals surface area contributed by atoms with E-state index in [9.17, 15) is 9.59 Å². The SMILES string of the molecule is C[C@H](Nc1ccc2c(c1)COC2)C(=O)N1CC(=O)Nc2ccccc21. The minimum absolute atomic E-state index is 0.0277. The summed E-state index contributed by atoms with van der Waals surface area (Å²) in [6.07, 6.45) is 0. The van der Waals surface area contributed by atoms with Gasteiger partial charge in [-0.15, -0.1) is 0 Å². The second kappa shape index (κ2) is 6.22. The van der Waals surface area contributed by atoms with Crippen LogP contribution in [-0.4, -0.2) is 24.4 Å². The highest BCUT2D eigenvalue weighted by atomic mass is 16.5. The molecule has 2 amide bonds. The molecule has 0 radical (unpaired) electrons. The van der Waals surface area contributed by atoms with Crippen molar-refractivity contribution >= 4 is 28.9 Å². The molecule has 4 rings (SSSR count). The molecule has 25 heavy (non-hydrogen) atoms. The molecule has 0 aliphatic carbocycles. The van der Waals surface area contributed by atoms with Crippen molar-refractivity contribution < 1.29 is 14.3 Å². The van der Waals surface area contributed by atoms with E-state index >= 15 is 0 Å². The van der Waals surface area contributed by atoms with Crippen LogP contribution in [0, 0.1) is 0 Å². The lowest BCUT2D eigenvalue weighted by Crippen LogP contribution is -2.47. The van der Waals surface area contributed by atoms with E-state index in [0.717, 1.165) is 16.9 Å². The van der Waals surface area contributed by atoms with E-state index in [2.05, 4.69) is 10.6 Å². The van der Waals surface area contributed by atoms with Gasteiger partial charge in [-0.05, 0) is 42.3 Å². The monoisotopic (exact) mass is 337 g/mol. The zero-order chi connectivity index (χ0) is 17.4. The van der Waals surface area contributed by atoms with Crippen molar-refractivity contribution in [2.75, 3.05) is 22.1 Å². The van der Waals surface area contributed by atoms with Crippen molar-refractivity contribution in [1.29, 1.82) is 0 Å². The Labute approximate surface area is 145 Å². The fourth-order valence-corrected chi connectivity index (χ4v) is 3.24. The predicted octanol–water partition coefficient (Wildman–Crippen LogP) is 2.50. The summed E-state index contributed by atoms with van der Waals surface area (Å²) >= 11 is 0. The van der Waals surface area contributed by atoms with Crippen LogP contribution in [0.25, 0.3) is 0 Å². The molecule has 2 aromatic carbocycles. The summed E-state index contributed by atoms with van der Waals surface area (Å²) in [6, 6.07) is 12.9. The Balaban J connectivity index is 1.53. The van der Waals surface area contributed by atoms with E-state index in [0.29, 0.717) is 18.9 Å². The van der Waals surface area contributed by atoms with Gasteiger partial charge in [0.15, 0.2) is 0 Å². The molecule has 0 saturated heterocycles. The van der Waals surface area contributed by atoms with Gasteiger partial charge in [0.2, 0.25) is 11.8 Å². The molecular weight excluding hydrogens is 318 g/mol. The summed E-state index contributed by atoms with van der Waals surface area (Å²) in [4.78, 5) is 26.3. The van der Waals surface area contributed by atoms with Crippen molar-refractivity contribution in [2.45, 2.75) is 26.2 Å². The van der Waals surface area contributed by atoms with Gasteiger partial charge in [0.25, 0.3) is 0 Å². The lowest BCUT2D eigenvalue weighted by Gasteiger charge is -2.31. The lowest BCUT2D eigenvalue weighted by molar-refractivity contribution is -0.122. The molecule has 0 aromatic heterocycles. The smallest absolute Gasteiger partial charge is 0.249 e. The molecule has 0 unspecified atom stereocenters. The number of hydrogen-bond donors (Lipinski definition) is 2. The largest absolute Gasteiger partial charge is 0.374 e. The van der Waals surface area contributed by atoms with Crippen molar-refractivity contribution in [3.05, 3.63) is 53.6 Å². The standard InChI is InChI=1S/C19H19N3O3/c1-12(20-15-7-6-13-10-25-11-14(13)8-15)19(24)22-9-18(23)21-16-4-2-3-5-17(16)22/h2-8,12,20H,9-11H2,1H3,(H,21,23)/t12-/m0/s1. The summed E-state index contributed by atoms with van der Waals surface area (Å²) in [7, 11) is 0. The molecule has 6 nitrogen and oxygen atoms in total. The minimum atomic E-state index is -0.459. The van der Waals surface area contributed by atoms with Crippen LogP contribution in [0.1, 0.15) is 18.1 Å². The van der Waals surface area contributed by atoms with E-state index in [1.54, 1.807) is 13.0 Å². The number of benzene rings is 2. The topological polar surface area (TPSA) is 70.7 Å². The van der Waals surface area contributed by atoms with E-state index in [4.69, 9.17) is 4.74 Å². The molecular formula is C19H19N3O3. The Bertz CT molecular complexity index is 850. The number of nitrogens with zero attached hydrogens (tertiary/aromatic N) is 1. The van der Waals surface area contributed by atoms with Gasteiger partial charge in [0.05, 0.1) is 24.6 Å². The molecule has 1 atom stereocenters. The first kappa shape index (κ1) is 15.7. The lowest BCUT2D eigenvalue weighted by atomic mass is 10.1. The van der Waals surface area contributed by atoms with Crippen LogP contribution in [0.3, 0.4) is 0 Å². The van der Waals surface area contributed by atoms with Gasteiger partial charge < -0.3 is 15.4 Å². The van der Waals surface area contributed by atoms with Crippen molar-refractivity contribution in [1.82, 2.24) is 0 Å². The number of carbonyl (C=O) groups excluding carboxylic acids is 2. The molecule has 2 aliphatic rings. The van der Waals surface area contributed by atoms with Crippen LogP contribution in [-0.2, 0) is 27.5 Å². The normalized spacial score (nSPS) is 16.7. The number of nitrogens with one attached hydrogen (secondary N) is 2. The predicted molar refractivity (Wildman–Crippen MR) is 95.4 cm³/mol. The zero-order valence-electron chi connectivity index (χ0n) is 13.9. The molecule has 128 valence electrons. The van der Waals surface area contributed by atoms with Gasteiger partial charge in [-0.1, -0.05) is 18.2 Å². The summed E-state index contributed by atoms with van der Waals surface area (Å²) in [5.74, 6) is -0.326. The van der Waals surface area contributed by atoms with Gasteiger partial charge in [-0.25, -0.2) is 0 Å². The Morgan fingerprint density at radius 3 is 2.88 bits per heavy atom. The summed E-state index contributed by atoms with van der Waals surface area (Å²) in [5.41, 5.74) is 4.59. The molecule has 0 saturated carbocycles. The Morgan fingerprint density at radius 2 is 2.00 bits per heavy atom. The number of hydrogen-bond acceptors (Lipinski definition) is 4. The number of anilines is 3. The fraction of sp³-hybridized carbons (Fsp3) is 0.263. The highest BCUT2D eigenvalue weighted by Gasteiger charge is 2.29. The van der Waals surface area contributed by atoms with Crippen LogP contribution in [0.5, 0.6) is 0 Å². The first-order valence-electron chi connectivity index (χ1n) is 8.28. The molecule has 0 fully saturated rings. The summed E-state index contributed by atoms with van der Waals surface area (Å²) < 4.78 is 5.42. The van der Waals surface area contributed by atoms with Gasteiger partial charge in [0, 0.05) is 5.69 Å². The number of ether oxygens (including phenoxy) is 1. The van der Waals surface area contributed by atoms with Crippen LogP contribution in [0.2, 0.25) is 0 Å². The molecule has 0 bridgehead atoms. The summed E-state index contributed by atoms with van der Waals surface area (Å²) in [5, 5.41) is 6.03. The Hall–Kier alpha value is -2.86. The molecule has 0 spiro atoms. The fourth-order valence-electron chi connectivity index (χ4n) is 3.24. The van der Waals surface area contributed by atoms with Crippen molar-refractivity contribution in [3.63, 3.8) is 0 Å². The van der Waals surface area contributed by atoms with Gasteiger partial charge in [0.1, 0.15) is 12.6 Å². The summed E-state index contributed by atoms with van der Waals surface area (Å²) in [6.45, 7) is 3.08. The highest BCUT2D eigenvalue weighted by Crippen LogP contribution is 2.30. The number of carbonyl (C=O) groups is 2. The average molecular weight is 337 g/mol. The molecule has 2 heterocycles. The van der Waals surface area contributed by atoms with Crippen LogP contribution < -0.4 is 15.5 Å². The third-order valence-electron chi connectivity index (χ3n) is 4.51. The second-order valence-electron chi connectivity index (χ2n) is 6.33. The first-order valence-corrected chi connectivity index (χ1v) is 8.28. The molecule has 6 heteroatoms. The van der Waals surface area contributed by atoms with Crippen LogP contribution >= 0.6 is 0 Å². The molecule has 2 aliphatic heterocycles. The van der Waals surface area contributed by atoms with Crippen LogP contribution in [0.4, 0.5) is 17.1 Å². The Morgan fingerprint density at radius 1 is 1.20 bits per heavy atom. The molecule has 2 aromatic rings. The van der Waals surface area contributed by atoms with E-state index in [1.165, 1.54) is 10.5 Å². The van der Waals surface area contributed by atoms with Crippen LogP contribution in [0.15, 0.2) is 42.5 Å². The van der Waals surface area contributed by atoms with Crippen molar-refractivity contribution in [3.8, 4) is 0 Å². The first-order chi connectivity index (χ1) is 12.1. The van der Waals surface area contributed by atoms with Gasteiger partial charge in [-0.3, -0.25) is 14.5 Å². The number of rotatable bonds is 3. The number of amides is 2. The van der Waals surface area contributed by atoms with Crippen molar-refractivity contribution in [2.24, 2.45) is 0 Å². The van der Waals surface area contributed by atoms with Gasteiger partial charge >= 0.3 is 0 Å². The third-order valence-corrected chi connectivity index (χ3v) is 4.51. The maximum Gasteiger partial charge on any atom is 0.249 e. The van der Waals surface area contributed by atoms with E-state index in [1.807, 2.05) is 36.4 Å². The quantitative estimate of drug-likeness (QED) is 0.903. The Kier molecular flexibility index (Phi) is 3.89. The van der Waals surface area contributed by atoms with Gasteiger partial charge in [-0.2, -0.15) is 0 Å². The molecule has 2 N–H and O–H groups in total. The zero-order valence-corrected chi connectivity index (χ0v) is 13.9. The number of para-hydroxylation sites is 2.